The minimum atomic E-state index is 0.521. The maximum atomic E-state index is 5.49. The number of morpholine rings is 1. The lowest BCUT2D eigenvalue weighted by Gasteiger charge is -2.27. The van der Waals surface area contributed by atoms with Gasteiger partial charge in [-0.25, -0.2) is 0 Å². The molecule has 0 saturated carbocycles. The van der Waals surface area contributed by atoms with Gasteiger partial charge in [0.25, 0.3) is 0 Å². The third kappa shape index (κ3) is 4.52. The monoisotopic (exact) mass is 404 g/mol. The van der Waals surface area contributed by atoms with Crippen LogP contribution in [0.1, 0.15) is 22.3 Å². The van der Waals surface area contributed by atoms with Crippen molar-refractivity contribution >= 4 is 29.2 Å². The second-order valence-electron chi connectivity index (χ2n) is 7.70. The van der Waals surface area contributed by atoms with Crippen LogP contribution in [0.15, 0.2) is 36.4 Å². The molecule has 7 nitrogen and oxygen atoms in total. The molecular weight excluding hydrogens is 376 g/mol. The maximum absolute atomic E-state index is 5.49. The van der Waals surface area contributed by atoms with Crippen molar-refractivity contribution in [3.05, 3.63) is 58.7 Å². The number of anilines is 5. The molecule has 0 atom stereocenters. The van der Waals surface area contributed by atoms with Gasteiger partial charge in [-0.15, -0.1) is 0 Å². The molecule has 7 heteroatoms. The first-order valence-electron chi connectivity index (χ1n) is 10.3. The Balaban J connectivity index is 1.70. The van der Waals surface area contributed by atoms with Gasteiger partial charge in [0.1, 0.15) is 0 Å². The van der Waals surface area contributed by atoms with Crippen LogP contribution in [0.3, 0.4) is 0 Å². The van der Waals surface area contributed by atoms with Crippen molar-refractivity contribution in [2.45, 2.75) is 27.7 Å². The average Bonchev–Trinajstić information content (AvgIpc) is 2.74. The standard InChI is InChI=1S/C23H28N6O/c1-15-8-9-17(3)20(14-15)25-22-26-21(24-19-7-5-6-16(2)18(19)4)27-23(28-22)29-10-12-30-13-11-29/h5-9,14H,10-13H2,1-4H3,(H2,24,25,26,27,28). The van der Waals surface area contributed by atoms with Gasteiger partial charge in [0, 0.05) is 24.5 Å². The summed E-state index contributed by atoms with van der Waals surface area (Å²) < 4.78 is 5.49. The number of aromatic nitrogens is 3. The Morgan fingerprint density at radius 2 is 1.50 bits per heavy atom. The van der Waals surface area contributed by atoms with Gasteiger partial charge in [-0.1, -0.05) is 24.3 Å². The number of ether oxygens (including phenoxy) is 1. The van der Waals surface area contributed by atoms with E-state index >= 15 is 0 Å². The van der Waals surface area contributed by atoms with Gasteiger partial charge < -0.3 is 20.3 Å². The molecule has 2 N–H and O–H groups in total. The Hall–Kier alpha value is -3.19. The first-order chi connectivity index (χ1) is 14.5. The van der Waals surface area contributed by atoms with Crippen molar-refractivity contribution in [3.8, 4) is 0 Å². The van der Waals surface area contributed by atoms with Gasteiger partial charge in [0.05, 0.1) is 13.2 Å². The predicted octanol–water partition coefficient (Wildman–Crippen LogP) is 4.43. The first kappa shape index (κ1) is 20.1. The van der Waals surface area contributed by atoms with Gasteiger partial charge in [-0.3, -0.25) is 0 Å². The van der Waals surface area contributed by atoms with Gasteiger partial charge >= 0.3 is 0 Å². The van der Waals surface area contributed by atoms with Gasteiger partial charge in [-0.05, 0) is 62.1 Å². The molecule has 0 unspecified atom stereocenters. The van der Waals surface area contributed by atoms with E-state index in [0.29, 0.717) is 31.1 Å². The van der Waals surface area contributed by atoms with Gasteiger partial charge in [0.15, 0.2) is 0 Å². The summed E-state index contributed by atoms with van der Waals surface area (Å²) in [5.74, 6) is 1.69. The molecule has 3 aromatic rings. The first-order valence-corrected chi connectivity index (χ1v) is 10.3. The van der Waals surface area contributed by atoms with E-state index in [1.165, 1.54) is 16.7 Å². The highest BCUT2D eigenvalue weighted by atomic mass is 16.5. The molecule has 0 radical (unpaired) electrons. The van der Waals surface area contributed by atoms with Crippen molar-refractivity contribution in [3.63, 3.8) is 0 Å². The lowest BCUT2D eigenvalue weighted by Crippen LogP contribution is -2.37. The van der Waals surface area contributed by atoms with Crippen LogP contribution >= 0.6 is 0 Å². The van der Waals surface area contributed by atoms with Crippen molar-refractivity contribution in [1.82, 2.24) is 15.0 Å². The fourth-order valence-corrected chi connectivity index (χ4v) is 3.38. The fraction of sp³-hybridized carbons (Fsp3) is 0.348. The Morgan fingerprint density at radius 1 is 0.800 bits per heavy atom. The highest BCUT2D eigenvalue weighted by Crippen LogP contribution is 2.25. The Labute approximate surface area is 177 Å². The van der Waals surface area contributed by atoms with Crippen LogP contribution in [0.25, 0.3) is 0 Å². The van der Waals surface area contributed by atoms with E-state index in [1.807, 2.05) is 12.1 Å². The molecule has 1 aromatic heterocycles. The summed E-state index contributed by atoms with van der Waals surface area (Å²) in [5.41, 5.74) is 6.70. The molecule has 0 aliphatic carbocycles. The minimum absolute atomic E-state index is 0.521. The Bertz CT molecular complexity index is 1020. The Kier molecular flexibility index (Phi) is 5.81. The molecule has 0 amide bonds. The SMILES string of the molecule is Cc1ccc(C)c(Nc2nc(Nc3cccc(C)c3C)nc(N3CCOCC3)n2)c1. The third-order valence-corrected chi connectivity index (χ3v) is 5.41. The molecule has 1 aliphatic heterocycles. The number of hydrogen-bond acceptors (Lipinski definition) is 7. The maximum Gasteiger partial charge on any atom is 0.233 e. The molecule has 0 spiro atoms. The molecule has 2 aromatic carbocycles. The number of aryl methyl sites for hydroxylation is 3. The molecule has 30 heavy (non-hydrogen) atoms. The highest BCUT2D eigenvalue weighted by molar-refractivity contribution is 5.64. The smallest absolute Gasteiger partial charge is 0.233 e. The van der Waals surface area contributed by atoms with E-state index in [1.54, 1.807) is 0 Å². The van der Waals surface area contributed by atoms with E-state index in [-0.39, 0.29) is 0 Å². The minimum Gasteiger partial charge on any atom is -0.378 e. The molecule has 156 valence electrons. The zero-order chi connectivity index (χ0) is 21.1. The van der Waals surface area contributed by atoms with Crippen LogP contribution in [0.5, 0.6) is 0 Å². The van der Waals surface area contributed by atoms with Gasteiger partial charge in [-0.2, -0.15) is 15.0 Å². The molecule has 1 aliphatic rings. The molecule has 1 saturated heterocycles. The van der Waals surface area contributed by atoms with Crippen molar-refractivity contribution in [2.75, 3.05) is 41.8 Å². The van der Waals surface area contributed by atoms with E-state index in [2.05, 4.69) is 72.5 Å². The number of rotatable bonds is 5. The molecular formula is C23H28N6O. The second-order valence-corrected chi connectivity index (χ2v) is 7.70. The second kappa shape index (κ2) is 8.67. The highest BCUT2D eigenvalue weighted by Gasteiger charge is 2.17. The zero-order valence-electron chi connectivity index (χ0n) is 18.0. The van der Waals surface area contributed by atoms with Crippen LogP contribution in [-0.4, -0.2) is 41.3 Å². The summed E-state index contributed by atoms with van der Waals surface area (Å²) in [5, 5.41) is 6.77. The third-order valence-electron chi connectivity index (χ3n) is 5.41. The fourth-order valence-electron chi connectivity index (χ4n) is 3.38. The van der Waals surface area contributed by atoms with Gasteiger partial charge in [0.2, 0.25) is 17.8 Å². The van der Waals surface area contributed by atoms with Crippen LogP contribution in [0.2, 0.25) is 0 Å². The lowest BCUT2D eigenvalue weighted by molar-refractivity contribution is 0.122. The van der Waals surface area contributed by atoms with Crippen LogP contribution in [-0.2, 0) is 4.74 Å². The lowest BCUT2D eigenvalue weighted by atomic mass is 10.1. The summed E-state index contributed by atoms with van der Waals surface area (Å²) in [6.45, 7) is 11.2. The number of nitrogens with zero attached hydrogens (tertiary/aromatic N) is 4. The van der Waals surface area contributed by atoms with Crippen molar-refractivity contribution in [2.24, 2.45) is 0 Å². The van der Waals surface area contributed by atoms with E-state index in [9.17, 15) is 0 Å². The number of hydrogen-bond donors (Lipinski definition) is 2. The van der Waals surface area contributed by atoms with Crippen molar-refractivity contribution in [1.29, 1.82) is 0 Å². The summed E-state index contributed by atoms with van der Waals surface area (Å²) >= 11 is 0. The molecule has 4 rings (SSSR count). The molecule has 0 bridgehead atoms. The van der Waals surface area contributed by atoms with Crippen LogP contribution in [0, 0.1) is 27.7 Å². The molecule has 2 heterocycles. The summed E-state index contributed by atoms with van der Waals surface area (Å²) in [6.07, 6.45) is 0. The summed E-state index contributed by atoms with van der Waals surface area (Å²) in [7, 11) is 0. The molecule has 1 fully saturated rings. The van der Waals surface area contributed by atoms with E-state index < -0.39 is 0 Å². The predicted molar refractivity (Wildman–Crippen MR) is 121 cm³/mol. The summed E-state index contributed by atoms with van der Waals surface area (Å²) in [6, 6.07) is 12.5. The topological polar surface area (TPSA) is 75.2 Å². The van der Waals surface area contributed by atoms with Crippen molar-refractivity contribution < 1.29 is 4.74 Å². The van der Waals surface area contributed by atoms with Crippen LogP contribution in [0.4, 0.5) is 29.2 Å². The average molecular weight is 405 g/mol. The number of benzene rings is 2. The van der Waals surface area contributed by atoms with E-state index in [0.717, 1.165) is 30.0 Å². The number of nitrogens with one attached hydrogen (secondary N) is 2. The Morgan fingerprint density at radius 3 is 2.23 bits per heavy atom. The largest absolute Gasteiger partial charge is 0.378 e. The normalized spacial score (nSPS) is 13.9. The van der Waals surface area contributed by atoms with E-state index in [4.69, 9.17) is 14.7 Å². The van der Waals surface area contributed by atoms with Crippen LogP contribution < -0.4 is 15.5 Å². The quantitative estimate of drug-likeness (QED) is 0.651. The summed E-state index contributed by atoms with van der Waals surface area (Å²) in [4.78, 5) is 16.2. The zero-order valence-corrected chi connectivity index (χ0v) is 18.0.